The number of hydrogen-bond acceptors (Lipinski definition) is 3. The summed E-state index contributed by atoms with van der Waals surface area (Å²) in [4.78, 5) is 12.0. The van der Waals surface area contributed by atoms with Crippen LogP contribution >= 0.6 is 23.2 Å². The van der Waals surface area contributed by atoms with Crippen LogP contribution in [-0.4, -0.2) is 17.0 Å². The lowest BCUT2D eigenvalue weighted by molar-refractivity contribution is -0.121. The van der Waals surface area contributed by atoms with Crippen molar-refractivity contribution in [2.45, 2.75) is 13.8 Å². The molecule has 1 aromatic rings. The second kappa shape index (κ2) is 5.46. The van der Waals surface area contributed by atoms with Gasteiger partial charge in [0.15, 0.2) is 5.84 Å². The Morgan fingerprint density at radius 1 is 1.39 bits per heavy atom. The lowest BCUT2D eigenvalue weighted by Crippen LogP contribution is -2.42. The van der Waals surface area contributed by atoms with Crippen molar-refractivity contribution in [2.24, 2.45) is 16.3 Å². The molecule has 0 aliphatic rings. The van der Waals surface area contributed by atoms with E-state index >= 15 is 0 Å². The number of anilines is 1. The quantitative estimate of drug-likeness (QED) is 0.346. The molecule has 5 nitrogen and oxygen atoms in total. The molecule has 0 heterocycles. The highest BCUT2D eigenvalue weighted by Crippen LogP contribution is 2.26. The summed E-state index contributed by atoms with van der Waals surface area (Å²) in [5.41, 5.74) is 4.79. The first kappa shape index (κ1) is 14.6. The van der Waals surface area contributed by atoms with Gasteiger partial charge in [-0.25, -0.2) is 0 Å². The molecule has 1 rings (SSSR count). The highest BCUT2D eigenvalue weighted by atomic mass is 35.5. The third-order valence-corrected chi connectivity index (χ3v) is 3.23. The summed E-state index contributed by atoms with van der Waals surface area (Å²) in [6.45, 7) is 3.07. The average molecular weight is 290 g/mol. The van der Waals surface area contributed by atoms with Gasteiger partial charge in [-0.2, -0.15) is 0 Å². The molecular formula is C11H13Cl2N3O2. The van der Waals surface area contributed by atoms with Gasteiger partial charge in [0.1, 0.15) is 5.41 Å². The molecule has 0 saturated carbocycles. The molecule has 0 aliphatic carbocycles. The van der Waals surface area contributed by atoms with Crippen LogP contribution in [0.5, 0.6) is 0 Å². The Hall–Kier alpha value is -1.46. The smallest absolute Gasteiger partial charge is 0.237 e. The van der Waals surface area contributed by atoms with E-state index in [-0.39, 0.29) is 5.84 Å². The molecule has 7 heteroatoms. The Labute approximate surface area is 115 Å². The molecule has 0 radical (unpaired) electrons. The molecule has 98 valence electrons. The maximum atomic E-state index is 12.0. The van der Waals surface area contributed by atoms with Crippen LogP contribution in [0.25, 0.3) is 0 Å². The zero-order valence-electron chi connectivity index (χ0n) is 9.87. The van der Waals surface area contributed by atoms with Gasteiger partial charge < -0.3 is 16.3 Å². The molecule has 4 N–H and O–H groups in total. The Kier molecular flexibility index (Phi) is 4.43. The lowest BCUT2D eigenvalue weighted by atomic mass is 9.91. The number of carbonyl (C=O) groups excluding carboxylic acids is 1. The monoisotopic (exact) mass is 289 g/mol. The Morgan fingerprint density at radius 3 is 2.50 bits per heavy atom. The number of oxime groups is 1. The summed E-state index contributed by atoms with van der Waals surface area (Å²) < 4.78 is 0. The maximum absolute atomic E-state index is 12.0. The van der Waals surface area contributed by atoms with Crippen LogP contribution < -0.4 is 11.1 Å². The number of amidine groups is 1. The van der Waals surface area contributed by atoms with Crippen molar-refractivity contribution in [1.82, 2.24) is 0 Å². The minimum Gasteiger partial charge on any atom is -0.409 e. The van der Waals surface area contributed by atoms with Crippen LogP contribution in [0.2, 0.25) is 10.0 Å². The molecule has 1 amide bonds. The van der Waals surface area contributed by atoms with Gasteiger partial charge in [-0.1, -0.05) is 28.4 Å². The van der Waals surface area contributed by atoms with Crippen molar-refractivity contribution in [2.75, 3.05) is 5.32 Å². The normalized spacial score (nSPS) is 12.3. The first-order valence-electron chi connectivity index (χ1n) is 5.03. The highest BCUT2D eigenvalue weighted by Gasteiger charge is 2.32. The van der Waals surface area contributed by atoms with Gasteiger partial charge in [0.2, 0.25) is 5.91 Å². The largest absolute Gasteiger partial charge is 0.409 e. The molecule has 0 aromatic heterocycles. The zero-order valence-corrected chi connectivity index (χ0v) is 11.4. The van der Waals surface area contributed by atoms with E-state index in [1.807, 2.05) is 0 Å². The predicted molar refractivity (Wildman–Crippen MR) is 72.3 cm³/mol. The topological polar surface area (TPSA) is 87.7 Å². The number of carbonyl (C=O) groups is 1. The number of nitrogens with zero attached hydrogens (tertiary/aromatic N) is 1. The predicted octanol–water partition coefficient (Wildman–Crippen LogP) is 2.70. The van der Waals surface area contributed by atoms with Crippen LogP contribution in [0.15, 0.2) is 23.4 Å². The number of nitrogens with two attached hydrogens (primary N) is 1. The molecule has 0 saturated heterocycles. The number of hydrogen-bond donors (Lipinski definition) is 3. The fourth-order valence-electron chi connectivity index (χ4n) is 1.10. The third-order valence-electron chi connectivity index (χ3n) is 2.49. The minimum absolute atomic E-state index is 0.180. The van der Waals surface area contributed by atoms with Crippen molar-refractivity contribution in [3.63, 3.8) is 0 Å². The number of amides is 1. The molecule has 0 spiro atoms. The Bertz CT molecular complexity index is 501. The fourth-order valence-corrected chi connectivity index (χ4v) is 1.40. The zero-order chi connectivity index (χ0) is 13.9. The Morgan fingerprint density at radius 2 is 2.00 bits per heavy atom. The number of rotatable bonds is 3. The molecular weight excluding hydrogens is 277 g/mol. The first-order chi connectivity index (χ1) is 8.28. The molecule has 0 aliphatic heterocycles. The van der Waals surface area contributed by atoms with Gasteiger partial charge >= 0.3 is 0 Å². The molecule has 0 unspecified atom stereocenters. The third kappa shape index (κ3) is 3.05. The van der Waals surface area contributed by atoms with Crippen LogP contribution in [0.1, 0.15) is 13.8 Å². The van der Waals surface area contributed by atoms with Gasteiger partial charge in [-0.3, -0.25) is 4.79 Å². The van der Waals surface area contributed by atoms with E-state index in [0.29, 0.717) is 15.7 Å². The van der Waals surface area contributed by atoms with Crippen LogP contribution in [0.4, 0.5) is 5.69 Å². The van der Waals surface area contributed by atoms with Crippen molar-refractivity contribution >= 4 is 40.6 Å². The van der Waals surface area contributed by atoms with E-state index in [1.54, 1.807) is 12.1 Å². The second-order valence-electron chi connectivity index (χ2n) is 4.19. The van der Waals surface area contributed by atoms with Gasteiger partial charge in [0.05, 0.1) is 10.0 Å². The van der Waals surface area contributed by atoms with E-state index in [9.17, 15) is 4.79 Å². The summed E-state index contributed by atoms with van der Waals surface area (Å²) in [7, 11) is 0. The fraction of sp³-hybridized carbons (Fsp3) is 0.273. The van der Waals surface area contributed by atoms with Gasteiger partial charge in [0, 0.05) is 5.69 Å². The van der Waals surface area contributed by atoms with Crippen molar-refractivity contribution in [3.8, 4) is 0 Å². The molecule has 0 bridgehead atoms. The summed E-state index contributed by atoms with van der Waals surface area (Å²) in [5.74, 6) is -0.601. The highest BCUT2D eigenvalue weighted by molar-refractivity contribution is 6.42. The molecule has 1 aromatic carbocycles. The maximum Gasteiger partial charge on any atom is 0.237 e. The summed E-state index contributed by atoms with van der Waals surface area (Å²) in [5, 5.41) is 14.8. The number of nitrogens with one attached hydrogen (secondary N) is 1. The molecule has 0 atom stereocenters. The Balaban J connectivity index is 2.91. The first-order valence-corrected chi connectivity index (χ1v) is 5.79. The molecule has 0 fully saturated rings. The van der Waals surface area contributed by atoms with Gasteiger partial charge in [-0.05, 0) is 32.0 Å². The molecule has 18 heavy (non-hydrogen) atoms. The summed E-state index contributed by atoms with van der Waals surface area (Å²) in [6, 6.07) is 4.69. The van der Waals surface area contributed by atoms with Crippen LogP contribution in [-0.2, 0) is 4.79 Å². The van der Waals surface area contributed by atoms with E-state index in [0.717, 1.165) is 0 Å². The van der Waals surface area contributed by atoms with E-state index in [1.165, 1.54) is 19.9 Å². The van der Waals surface area contributed by atoms with Crippen molar-refractivity contribution in [1.29, 1.82) is 0 Å². The summed E-state index contributed by atoms with van der Waals surface area (Å²) >= 11 is 11.6. The second-order valence-corrected chi connectivity index (χ2v) is 5.01. The number of halogens is 2. The standard InChI is InChI=1S/C11H13Cl2N3O2/c1-11(2,9(14)16-18)10(17)15-6-3-4-7(12)8(13)5-6/h3-5,18H,1-2H3,(H2,14,16)(H,15,17). The number of benzene rings is 1. The minimum atomic E-state index is -1.14. The van der Waals surface area contributed by atoms with Gasteiger partial charge in [-0.15, -0.1) is 0 Å². The van der Waals surface area contributed by atoms with E-state index in [2.05, 4.69) is 10.5 Å². The van der Waals surface area contributed by atoms with Crippen molar-refractivity contribution < 1.29 is 10.0 Å². The SMILES string of the molecule is CC(C)(C(=O)Nc1ccc(Cl)c(Cl)c1)C(N)=NO. The van der Waals surface area contributed by atoms with E-state index in [4.69, 9.17) is 34.1 Å². The van der Waals surface area contributed by atoms with Crippen molar-refractivity contribution in [3.05, 3.63) is 28.2 Å². The van der Waals surface area contributed by atoms with Crippen LogP contribution in [0, 0.1) is 5.41 Å². The van der Waals surface area contributed by atoms with Crippen LogP contribution in [0.3, 0.4) is 0 Å². The van der Waals surface area contributed by atoms with Gasteiger partial charge in [0.25, 0.3) is 0 Å². The summed E-state index contributed by atoms with van der Waals surface area (Å²) in [6.07, 6.45) is 0. The lowest BCUT2D eigenvalue weighted by Gasteiger charge is -2.21. The average Bonchev–Trinajstić information content (AvgIpc) is 2.32. The van der Waals surface area contributed by atoms with E-state index < -0.39 is 11.3 Å².